The van der Waals surface area contributed by atoms with Crippen molar-refractivity contribution < 1.29 is 9.53 Å². The zero-order valence-corrected chi connectivity index (χ0v) is 10.4. The van der Waals surface area contributed by atoms with Gasteiger partial charge in [0.2, 0.25) is 0 Å². The van der Waals surface area contributed by atoms with Crippen LogP contribution in [0.5, 0.6) is 0 Å². The lowest BCUT2D eigenvalue weighted by Crippen LogP contribution is -2.16. The first-order chi connectivity index (χ1) is 7.65. The van der Waals surface area contributed by atoms with E-state index in [0.717, 1.165) is 6.42 Å². The molecule has 0 aromatic rings. The fourth-order valence-corrected chi connectivity index (χ4v) is 3.01. The van der Waals surface area contributed by atoms with Gasteiger partial charge in [-0.2, -0.15) is 0 Å². The van der Waals surface area contributed by atoms with Crippen molar-refractivity contribution in [3.63, 3.8) is 0 Å². The van der Waals surface area contributed by atoms with Gasteiger partial charge in [-0.3, -0.25) is 4.79 Å². The number of esters is 1. The van der Waals surface area contributed by atoms with Crippen LogP contribution in [0.3, 0.4) is 0 Å². The van der Waals surface area contributed by atoms with E-state index in [9.17, 15) is 4.79 Å². The molecule has 0 radical (unpaired) electrons. The lowest BCUT2D eigenvalue weighted by Gasteiger charge is -2.24. The maximum Gasteiger partial charge on any atom is 0.312 e. The van der Waals surface area contributed by atoms with Crippen molar-refractivity contribution in [1.82, 2.24) is 0 Å². The molecular formula is C14H20O2. The van der Waals surface area contributed by atoms with Crippen LogP contribution in [0.15, 0.2) is 22.8 Å². The Morgan fingerprint density at radius 3 is 2.94 bits per heavy atom. The van der Waals surface area contributed by atoms with Gasteiger partial charge >= 0.3 is 5.97 Å². The molecule has 0 bridgehead atoms. The molecule has 0 N–H and O–H groups in total. The number of hydrogen-bond acceptors (Lipinski definition) is 2. The molecule has 0 aliphatic heterocycles. The Labute approximate surface area is 97.4 Å². The molecule has 0 aromatic heterocycles. The van der Waals surface area contributed by atoms with Crippen molar-refractivity contribution in [2.45, 2.75) is 39.5 Å². The number of allylic oxidation sites excluding steroid dienone is 3. The van der Waals surface area contributed by atoms with E-state index in [2.05, 4.69) is 13.0 Å². The minimum Gasteiger partial charge on any atom is -0.469 e. The molecule has 0 saturated heterocycles. The number of carbonyl (C=O) groups excluding carboxylic acids is 1. The largest absolute Gasteiger partial charge is 0.469 e. The van der Waals surface area contributed by atoms with Gasteiger partial charge in [0.25, 0.3) is 0 Å². The molecule has 2 aliphatic rings. The summed E-state index contributed by atoms with van der Waals surface area (Å²) in [6.07, 6.45) is 7.22. The Hall–Kier alpha value is -1.05. The summed E-state index contributed by atoms with van der Waals surface area (Å²) in [4.78, 5) is 11.6. The van der Waals surface area contributed by atoms with E-state index >= 15 is 0 Å². The highest BCUT2D eigenvalue weighted by molar-refractivity contribution is 5.77. The van der Waals surface area contributed by atoms with Gasteiger partial charge in [-0.1, -0.05) is 23.6 Å². The topological polar surface area (TPSA) is 26.3 Å². The lowest BCUT2D eigenvalue weighted by atomic mass is 9.81. The summed E-state index contributed by atoms with van der Waals surface area (Å²) in [6.45, 7) is 4.14. The normalized spacial score (nSPS) is 26.2. The molecule has 1 saturated carbocycles. The summed E-state index contributed by atoms with van der Waals surface area (Å²) in [7, 11) is 1.47. The first-order valence-corrected chi connectivity index (χ1v) is 6.14. The highest BCUT2D eigenvalue weighted by atomic mass is 16.5. The van der Waals surface area contributed by atoms with Gasteiger partial charge in [-0.25, -0.2) is 0 Å². The number of rotatable bonds is 2. The van der Waals surface area contributed by atoms with Crippen molar-refractivity contribution >= 4 is 5.97 Å². The molecule has 0 heterocycles. The predicted molar refractivity (Wildman–Crippen MR) is 63.9 cm³/mol. The second-order valence-corrected chi connectivity index (χ2v) is 4.91. The summed E-state index contributed by atoms with van der Waals surface area (Å²) in [5, 5.41) is 0. The maximum absolute atomic E-state index is 11.6. The van der Waals surface area contributed by atoms with Gasteiger partial charge < -0.3 is 4.74 Å². The second kappa shape index (κ2) is 4.44. The third-order valence-electron chi connectivity index (χ3n) is 3.93. The SMILES string of the molecule is COC(=O)C(C)C1=C2CCCCC2C(C)=C1. The first kappa shape index (κ1) is 11.4. The summed E-state index contributed by atoms with van der Waals surface area (Å²) >= 11 is 0. The summed E-state index contributed by atoms with van der Waals surface area (Å²) in [5.74, 6) is 0.409. The van der Waals surface area contributed by atoms with Gasteiger partial charge in [0, 0.05) is 5.92 Å². The molecule has 2 aliphatic carbocycles. The van der Waals surface area contributed by atoms with E-state index in [1.54, 1.807) is 0 Å². The number of methoxy groups -OCH3 is 1. The average molecular weight is 220 g/mol. The van der Waals surface area contributed by atoms with E-state index in [4.69, 9.17) is 4.74 Å². The molecule has 2 heteroatoms. The summed E-state index contributed by atoms with van der Waals surface area (Å²) in [6, 6.07) is 0. The van der Waals surface area contributed by atoms with Gasteiger partial charge in [0.1, 0.15) is 0 Å². The van der Waals surface area contributed by atoms with Crippen LogP contribution in [-0.4, -0.2) is 13.1 Å². The molecule has 2 nitrogen and oxygen atoms in total. The van der Waals surface area contributed by atoms with Crippen molar-refractivity contribution in [3.05, 3.63) is 22.8 Å². The van der Waals surface area contributed by atoms with Crippen molar-refractivity contribution in [2.24, 2.45) is 11.8 Å². The molecule has 0 spiro atoms. The summed E-state index contributed by atoms with van der Waals surface area (Å²) in [5.41, 5.74) is 4.16. The third kappa shape index (κ3) is 1.81. The molecule has 88 valence electrons. The zero-order valence-electron chi connectivity index (χ0n) is 10.4. The quantitative estimate of drug-likeness (QED) is 0.668. The van der Waals surface area contributed by atoms with Gasteiger partial charge in [-0.15, -0.1) is 0 Å². The molecule has 16 heavy (non-hydrogen) atoms. The number of carbonyl (C=O) groups is 1. The fourth-order valence-electron chi connectivity index (χ4n) is 3.01. The van der Waals surface area contributed by atoms with E-state index < -0.39 is 0 Å². The smallest absolute Gasteiger partial charge is 0.312 e. The predicted octanol–water partition coefficient (Wildman–Crippen LogP) is 3.24. The maximum atomic E-state index is 11.6. The van der Waals surface area contributed by atoms with E-state index in [1.807, 2.05) is 6.92 Å². The van der Waals surface area contributed by atoms with Crippen LogP contribution in [-0.2, 0) is 9.53 Å². The third-order valence-corrected chi connectivity index (χ3v) is 3.93. The summed E-state index contributed by atoms with van der Waals surface area (Å²) < 4.78 is 4.84. The highest BCUT2D eigenvalue weighted by Crippen LogP contribution is 2.43. The molecule has 2 rings (SSSR count). The van der Waals surface area contributed by atoms with Crippen molar-refractivity contribution in [2.75, 3.05) is 7.11 Å². The molecular weight excluding hydrogens is 200 g/mol. The Bertz CT molecular complexity index is 363. The highest BCUT2D eigenvalue weighted by Gasteiger charge is 2.31. The van der Waals surface area contributed by atoms with Crippen LogP contribution in [0.25, 0.3) is 0 Å². The number of ether oxygens (including phenoxy) is 1. The molecule has 1 fully saturated rings. The monoisotopic (exact) mass is 220 g/mol. The minimum atomic E-state index is -0.113. The van der Waals surface area contributed by atoms with E-state index in [-0.39, 0.29) is 11.9 Å². The standard InChI is InChI=1S/C14H20O2/c1-9-8-13(10(2)14(15)16-3)12-7-5-4-6-11(9)12/h8,10-11H,4-7H2,1-3H3. The number of fused-ring (bicyclic) bond motifs is 1. The minimum absolute atomic E-state index is 0.0990. The van der Waals surface area contributed by atoms with Crippen molar-refractivity contribution in [1.29, 1.82) is 0 Å². The fraction of sp³-hybridized carbons (Fsp3) is 0.643. The molecule has 0 aromatic carbocycles. The van der Waals surface area contributed by atoms with Crippen LogP contribution < -0.4 is 0 Å². The Kier molecular flexibility index (Phi) is 3.17. The van der Waals surface area contributed by atoms with E-state index in [1.165, 1.54) is 43.1 Å². The van der Waals surface area contributed by atoms with Crippen LogP contribution in [0.2, 0.25) is 0 Å². The molecule has 2 atom stereocenters. The Morgan fingerprint density at radius 2 is 2.25 bits per heavy atom. The second-order valence-electron chi connectivity index (χ2n) is 4.91. The number of hydrogen-bond donors (Lipinski definition) is 0. The Balaban J connectivity index is 2.28. The van der Waals surface area contributed by atoms with E-state index in [0.29, 0.717) is 5.92 Å². The Morgan fingerprint density at radius 1 is 1.50 bits per heavy atom. The molecule has 0 amide bonds. The van der Waals surface area contributed by atoms with Crippen LogP contribution in [0.1, 0.15) is 39.5 Å². The van der Waals surface area contributed by atoms with Gasteiger partial charge in [0.15, 0.2) is 0 Å². The lowest BCUT2D eigenvalue weighted by molar-refractivity contribution is -0.143. The van der Waals surface area contributed by atoms with Crippen LogP contribution in [0, 0.1) is 11.8 Å². The van der Waals surface area contributed by atoms with Gasteiger partial charge in [0.05, 0.1) is 13.0 Å². The average Bonchev–Trinajstić information content (AvgIpc) is 2.65. The van der Waals surface area contributed by atoms with Gasteiger partial charge in [-0.05, 0) is 38.7 Å². The van der Waals surface area contributed by atoms with Crippen molar-refractivity contribution in [3.8, 4) is 0 Å². The molecule has 2 unspecified atom stereocenters. The van der Waals surface area contributed by atoms with Crippen LogP contribution >= 0.6 is 0 Å². The van der Waals surface area contributed by atoms with Crippen LogP contribution in [0.4, 0.5) is 0 Å². The first-order valence-electron chi connectivity index (χ1n) is 6.14. The zero-order chi connectivity index (χ0) is 11.7.